The van der Waals surface area contributed by atoms with E-state index in [1.165, 1.54) is 76.1 Å². The minimum Gasteiger partial charge on any atom is -0.0616 e. The highest BCUT2D eigenvalue weighted by atomic mass is 14.2. The zero-order valence-electron chi connectivity index (χ0n) is 20.9. The molecule has 0 atom stereocenters. The molecule has 0 saturated heterocycles. The molecule has 0 fully saturated rings. The van der Waals surface area contributed by atoms with Gasteiger partial charge in [0.15, 0.2) is 0 Å². The first kappa shape index (κ1) is 21.2. The van der Waals surface area contributed by atoms with Crippen LogP contribution in [-0.2, 0) is 0 Å². The number of hydrogen-bond acceptors (Lipinski definition) is 0. The van der Waals surface area contributed by atoms with Gasteiger partial charge in [-0.05, 0) is 82.2 Å². The Morgan fingerprint density at radius 2 is 0.763 bits per heavy atom. The van der Waals surface area contributed by atoms with E-state index in [4.69, 9.17) is 0 Å². The standard InChI is InChI=1S/C38H24/c1-4-16-29-25(10-1)13-7-19-32(29)34-21-9-15-28-24-36-31-18-6-3-12-27(31)22-23-35(36)38(37(28)34)33-20-8-14-26-11-2-5-17-30(26)33/h1-24H. The minimum atomic E-state index is 1.26. The Kier molecular flexibility index (Phi) is 4.62. The SMILES string of the molecule is c1ccc2c(-c3cccc4cc5c(ccc6ccccc65)c(-c5cccc6ccccc56)c34)cccc2c1. The van der Waals surface area contributed by atoms with Crippen LogP contribution in [0.4, 0.5) is 0 Å². The van der Waals surface area contributed by atoms with Crippen LogP contribution in [0.5, 0.6) is 0 Å². The molecule has 0 radical (unpaired) electrons. The molecule has 0 N–H and O–H groups in total. The van der Waals surface area contributed by atoms with Crippen molar-refractivity contribution in [3.8, 4) is 22.3 Å². The van der Waals surface area contributed by atoms with Gasteiger partial charge in [-0.1, -0.05) is 140 Å². The van der Waals surface area contributed by atoms with E-state index in [1.54, 1.807) is 0 Å². The molecule has 0 bridgehead atoms. The van der Waals surface area contributed by atoms with Crippen molar-refractivity contribution in [1.82, 2.24) is 0 Å². The Morgan fingerprint density at radius 3 is 1.47 bits per heavy atom. The lowest BCUT2D eigenvalue weighted by molar-refractivity contribution is 1.68. The van der Waals surface area contributed by atoms with Gasteiger partial charge < -0.3 is 0 Å². The van der Waals surface area contributed by atoms with Crippen LogP contribution in [0.15, 0.2) is 146 Å². The molecular weight excluding hydrogens is 456 g/mol. The fourth-order valence-corrected chi connectivity index (χ4v) is 6.34. The van der Waals surface area contributed by atoms with Crippen molar-refractivity contribution in [2.45, 2.75) is 0 Å². The van der Waals surface area contributed by atoms with Crippen LogP contribution in [0.25, 0.3) is 76.1 Å². The summed E-state index contributed by atoms with van der Waals surface area (Å²) >= 11 is 0. The van der Waals surface area contributed by atoms with E-state index in [9.17, 15) is 0 Å². The van der Waals surface area contributed by atoms with Crippen molar-refractivity contribution in [1.29, 1.82) is 0 Å². The summed E-state index contributed by atoms with van der Waals surface area (Å²) in [5, 5.41) is 12.8. The molecule has 0 aliphatic rings. The van der Waals surface area contributed by atoms with Crippen LogP contribution in [0.3, 0.4) is 0 Å². The number of hydrogen-bond donors (Lipinski definition) is 0. The predicted octanol–water partition coefficient (Wildman–Crippen LogP) is 10.8. The second-order valence-electron chi connectivity index (χ2n) is 10.1. The molecule has 176 valence electrons. The Hall–Kier alpha value is -4.94. The maximum absolute atomic E-state index is 2.40. The molecule has 8 aromatic carbocycles. The van der Waals surface area contributed by atoms with Crippen LogP contribution in [-0.4, -0.2) is 0 Å². The first-order valence-electron chi connectivity index (χ1n) is 13.2. The zero-order chi connectivity index (χ0) is 25.1. The average Bonchev–Trinajstić information content (AvgIpc) is 2.99. The summed E-state index contributed by atoms with van der Waals surface area (Å²) < 4.78 is 0. The summed E-state index contributed by atoms with van der Waals surface area (Å²) in [6.07, 6.45) is 0. The van der Waals surface area contributed by atoms with Gasteiger partial charge in [-0.15, -0.1) is 0 Å². The second-order valence-corrected chi connectivity index (χ2v) is 10.1. The first-order chi connectivity index (χ1) is 18.9. The Bertz CT molecular complexity index is 2170. The normalized spacial score (nSPS) is 11.7. The van der Waals surface area contributed by atoms with Crippen LogP contribution < -0.4 is 0 Å². The maximum atomic E-state index is 2.40. The summed E-state index contributed by atoms with van der Waals surface area (Å²) in [6, 6.07) is 53.4. The van der Waals surface area contributed by atoms with Crippen LogP contribution in [0.2, 0.25) is 0 Å². The molecule has 0 unspecified atom stereocenters. The van der Waals surface area contributed by atoms with E-state index in [-0.39, 0.29) is 0 Å². The molecule has 8 aromatic rings. The molecule has 0 saturated carbocycles. The molecule has 0 heteroatoms. The van der Waals surface area contributed by atoms with Gasteiger partial charge in [-0.2, -0.15) is 0 Å². The number of benzene rings is 8. The van der Waals surface area contributed by atoms with Gasteiger partial charge in [-0.3, -0.25) is 0 Å². The third-order valence-corrected chi connectivity index (χ3v) is 8.03. The monoisotopic (exact) mass is 480 g/mol. The largest absolute Gasteiger partial charge is 0.0616 e. The topological polar surface area (TPSA) is 0 Å². The molecule has 8 rings (SSSR count). The lowest BCUT2D eigenvalue weighted by atomic mass is 9.84. The van der Waals surface area contributed by atoms with Crippen molar-refractivity contribution in [2.75, 3.05) is 0 Å². The first-order valence-corrected chi connectivity index (χ1v) is 13.2. The summed E-state index contributed by atoms with van der Waals surface area (Å²) in [5.74, 6) is 0. The molecule has 0 amide bonds. The van der Waals surface area contributed by atoms with E-state index in [0.29, 0.717) is 0 Å². The number of rotatable bonds is 2. The fraction of sp³-hybridized carbons (Fsp3) is 0. The highest BCUT2D eigenvalue weighted by Crippen LogP contribution is 2.46. The van der Waals surface area contributed by atoms with Crippen LogP contribution >= 0.6 is 0 Å². The smallest absolute Gasteiger partial charge is 0.00141 e. The van der Waals surface area contributed by atoms with Crippen molar-refractivity contribution in [3.63, 3.8) is 0 Å². The Labute approximate surface area is 221 Å². The highest BCUT2D eigenvalue weighted by Gasteiger charge is 2.18. The fourth-order valence-electron chi connectivity index (χ4n) is 6.34. The summed E-state index contributed by atoms with van der Waals surface area (Å²) in [6.45, 7) is 0. The quantitative estimate of drug-likeness (QED) is 0.170. The van der Waals surface area contributed by atoms with Crippen molar-refractivity contribution in [3.05, 3.63) is 146 Å². The van der Waals surface area contributed by atoms with Crippen molar-refractivity contribution in [2.24, 2.45) is 0 Å². The lowest BCUT2D eigenvalue weighted by Gasteiger charge is -2.19. The van der Waals surface area contributed by atoms with E-state index < -0.39 is 0 Å². The van der Waals surface area contributed by atoms with Crippen molar-refractivity contribution >= 4 is 53.9 Å². The van der Waals surface area contributed by atoms with Gasteiger partial charge in [0, 0.05) is 0 Å². The zero-order valence-corrected chi connectivity index (χ0v) is 20.9. The van der Waals surface area contributed by atoms with Gasteiger partial charge in [-0.25, -0.2) is 0 Å². The molecule has 0 spiro atoms. The lowest BCUT2D eigenvalue weighted by Crippen LogP contribution is -1.91. The minimum absolute atomic E-state index is 1.26. The maximum Gasteiger partial charge on any atom is -0.00141 e. The van der Waals surface area contributed by atoms with Gasteiger partial charge in [0.1, 0.15) is 0 Å². The third kappa shape index (κ3) is 3.11. The molecule has 0 heterocycles. The second kappa shape index (κ2) is 8.30. The third-order valence-electron chi connectivity index (χ3n) is 8.03. The van der Waals surface area contributed by atoms with Crippen LogP contribution in [0, 0.1) is 0 Å². The van der Waals surface area contributed by atoms with Gasteiger partial charge in [0.25, 0.3) is 0 Å². The van der Waals surface area contributed by atoms with Crippen LogP contribution in [0.1, 0.15) is 0 Å². The van der Waals surface area contributed by atoms with E-state index in [1.807, 2.05) is 0 Å². The summed E-state index contributed by atoms with van der Waals surface area (Å²) in [4.78, 5) is 0. The van der Waals surface area contributed by atoms with E-state index in [0.717, 1.165) is 0 Å². The van der Waals surface area contributed by atoms with E-state index >= 15 is 0 Å². The highest BCUT2D eigenvalue weighted by molar-refractivity contribution is 6.25. The molecular formula is C38H24. The molecule has 0 aliphatic carbocycles. The van der Waals surface area contributed by atoms with Gasteiger partial charge >= 0.3 is 0 Å². The molecule has 38 heavy (non-hydrogen) atoms. The van der Waals surface area contributed by atoms with Gasteiger partial charge in [0.2, 0.25) is 0 Å². The average molecular weight is 481 g/mol. The van der Waals surface area contributed by atoms with E-state index in [2.05, 4.69) is 146 Å². The predicted molar refractivity (Wildman–Crippen MR) is 165 cm³/mol. The number of fused-ring (bicyclic) bond motifs is 6. The molecule has 0 nitrogen and oxygen atoms in total. The van der Waals surface area contributed by atoms with Crippen molar-refractivity contribution < 1.29 is 0 Å². The molecule has 0 aliphatic heterocycles. The van der Waals surface area contributed by atoms with Gasteiger partial charge in [0.05, 0.1) is 0 Å². The Balaban J connectivity index is 1.62. The summed E-state index contributed by atoms with van der Waals surface area (Å²) in [7, 11) is 0. The summed E-state index contributed by atoms with van der Waals surface area (Å²) in [5.41, 5.74) is 5.14. The Morgan fingerprint density at radius 1 is 0.263 bits per heavy atom. The molecule has 0 aromatic heterocycles.